The number of ether oxygens (including phenoxy) is 2. The molecule has 1 aliphatic heterocycles. The van der Waals surface area contributed by atoms with E-state index in [4.69, 9.17) is 9.47 Å². The van der Waals surface area contributed by atoms with Crippen LogP contribution in [-0.2, 0) is 19.4 Å². The van der Waals surface area contributed by atoms with Crippen LogP contribution in [0.25, 0.3) is 0 Å². The van der Waals surface area contributed by atoms with Gasteiger partial charge in [0, 0.05) is 13.1 Å². The molecular formula is C30H50N2O5S. The predicted octanol–water partition coefficient (Wildman–Crippen LogP) is 4.88. The van der Waals surface area contributed by atoms with Crippen LogP contribution in [0.1, 0.15) is 69.9 Å². The van der Waals surface area contributed by atoms with E-state index in [1.807, 2.05) is 18.7 Å². The number of carbonyl (C=O) groups is 1. The summed E-state index contributed by atoms with van der Waals surface area (Å²) in [5.74, 6) is 1.93. The van der Waals surface area contributed by atoms with Gasteiger partial charge in [-0.05, 0) is 107 Å². The molecule has 1 saturated carbocycles. The van der Waals surface area contributed by atoms with Crippen LogP contribution in [0.2, 0.25) is 0 Å². The third-order valence-corrected chi connectivity index (χ3v) is 11.6. The van der Waals surface area contributed by atoms with Gasteiger partial charge in [0.25, 0.3) is 0 Å². The van der Waals surface area contributed by atoms with Crippen molar-refractivity contribution >= 4 is 15.7 Å². The van der Waals surface area contributed by atoms with E-state index in [9.17, 15) is 13.2 Å². The van der Waals surface area contributed by atoms with Gasteiger partial charge in [-0.1, -0.05) is 26.7 Å². The normalized spacial score (nSPS) is 22.0. The van der Waals surface area contributed by atoms with Crippen LogP contribution in [-0.4, -0.2) is 82.9 Å². The quantitative estimate of drug-likeness (QED) is 0.369. The van der Waals surface area contributed by atoms with E-state index < -0.39 is 15.1 Å². The molecule has 3 unspecified atom stereocenters. The summed E-state index contributed by atoms with van der Waals surface area (Å²) in [5, 5.41) is -0.485. The average Bonchev–Trinajstić information content (AvgIpc) is 2.91. The van der Waals surface area contributed by atoms with E-state index >= 15 is 0 Å². The predicted molar refractivity (Wildman–Crippen MR) is 152 cm³/mol. The minimum absolute atomic E-state index is 0.0267. The number of hydrogen-bond acceptors (Lipinski definition) is 6. The lowest BCUT2D eigenvalue weighted by molar-refractivity contribution is -0.138. The number of hydrogen-bond donors (Lipinski definition) is 0. The second-order valence-electron chi connectivity index (χ2n) is 11.6. The molecule has 2 fully saturated rings. The van der Waals surface area contributed by atoms with Gasteiger partial charge in [-0.15, -0.1) is 0 Å². The molecule has 1 aliphatic carbocycles. The maximum atomic E-state index is 13.8. The van der Waals surface area contributed by atoms with Gasteiger partial charge in [-0.25, -0.2) is 8.42 Å². The van der Waals surface area contributed by atoms with Crippen molar-refractivity contribution in [3.63, 3.8) is 0 Å². The fourth-order valence-electron chi connectivity index (χ4n) is 6.33. The number of methoxy groups -OCH3 is 1. The monoisotopic (exact) mass is 550 g/mol. The van der Waals surface area contributed by atoms with E-state index in [1.165, 1.54) is 6.42 Å². The highest BCUT2D eigenvalue weighted by Crippen LogP contribution is 2.37. The van der Waals surface area contributed by atoms with Crippen LogP contribution in [0.5, 0.6) is 5.75 Å². The van der Waals surface area contributed by atoms with Gasteiger partial charge in [-0.2, -0.15) is 0 Å². The van der Waals surface area contributed by atoms with Gasteiger partial charge in [0.2, 0.25) is 5.91 Å². The second kappa shape index (κ2) is 14.1. The number of benzene rings is 1. The molecule has 3 rings (SSSR count). The smallest absolute Gasteiger partial charge is 0.248 e. The van der Waals surface area contributed by atoms with Crippen LogP contribution in [0.4, 0.5) is 0 Å². The van der Waals surface area contributed by atoms with E-state index in [2.05, 4.69) is 25.8 Å². The lowest BCUT2D eigenvalue weighted by Crippen LogP contribution is -2.42. The lowest BCUT2D eigenvalue weighted by Gasteiger charge is -2.35. The van der Waals surface area contributed by atoms with Gasteiger partial charge in [0.1, 0.15) is 12.4 Å². The number of rotatable bonds is 12. The highest BCUT2D eigenvalue weighted by Gasteiger charge is 2.38. The fourth-order valence-corrected chi connectivity index (χ4v) is 8.84. The molecular weight excluding hydrogens is 500 g/mol. The molecule has 0 spiro atoms. The Morgan fingerprint density at radius 2 is 1.74 bits per heavy atom. The lowest BCUT2D eigenvalue weighted by atomic mass is 9.83. The Labute approximate surface area is 231 Å². The zero-order valence-electron chi connectivity index (χ0n) is 24.5. The molecule has 1 saturated heterocycles. The van der Waals surface area contributed by atoms with Crippen LogP contribution >= 0.6 is 0 Å². The summed E-state index contributed by atoms with van der Waals surface area (Å²) in [7, 11) is 0.229. The van der Waals surface area contributed by atoms with Crippen molar-refractivity contribution in [3.05, 3.63) is 23.3 Å². The molecule has 0 bridgehead atoms. The average molecular weight is 551 g/mol. The topological polar surface area (TPSA) is 76.2 Å². The second-order valence-corrected chi connectivity index (χ2v) is 13.7. The van der Waals surface area contributed by atoms with Gasteiger partial charge in [-0.3, -0.25) is 4.79 Å². The summed E-state index contributed by atoms with van der Waals surface area (Å²) in [6.45, 7) is 12.3. The minimum Gasteiger partial charge on any atom is -0.497 e. The summed E-state index contributed by atoms with van der Waals surface area (Å²) >= 11 is 0. The zero-order valence-corrected chi connectivity index (χ0v) is 25.3. The molecule has 216 valence electrons. The van der Waals surface area contributed by atoms with Crippen molar-refractivity contribution in [3.8, 4) is 5.75 Å². The van der Waals surface area contributed by atoms with Crippen molar-refractivity contribution in [1.82, 2.24) is 9.80 Å². The minimum atomic E-state index is -3.53. The van der Waals surface area contributed by atoms with E-state index in [0.29, 0.717) is 35.5 Å². The molecule has 3 atom stereocenters. The van der Waals surface area contributed by atoms with Gasteiger partial charge >= 0.3 is 0 Å². The van der Waals surface area contributed by atoms with Crippen LogP contribution < -0.4 is 4.74 Å². The number of nitrogens with zero attached hydrogens (tertiary/aromatic N) is 2. The SMILES string of the molecule is CCN(C)CCC(C)C1CCN(C(=O)COCC2CCCCC2S(=O)(=O)c2c(C)cc(OC)cc2C)CC1. The Hall–Kier alpha value is -1.64. The van der Waals surface area contributed by atoms with Crippen molar-refractivity contribution in [2.75, 3.05) is 53.6 Å². The highest BCUT2D eigenvalue weighted by molar-refractivity contribution is 7.92. The van der Waals surface area contributed by atoms with E-state index in [0.717, 1.165) is 69.4 Å². The first kappa shape index (κ1) is 30.9. The van der Waals surface area contributed by atoms with Crippen LogP contribution in [0.15, 0.2) is 17.0 Å². The highest BCUT2D eigenvalue weighted by atomic mass is 32.2. The molecule has 0 radical (unpaired) electrons. The Morgan fingerprint density at radius 3 is 2.34 bits per heavy atom. The van der Waals surface area contributed by atoms with Crippen LogP contribution in [0, 0.1) is 31.6 Å². The number of aryl methyl sites for hydroxylation is 2. The first-order valence-corrected chi connectivity index (χ1v) is 16.1. The summed E-state index contributed by atoms with van der Waals surface area (Å²) in [6, 6.07) is 3.58. The molecule has 7 nitrogen and oxygen atoms in total. The maximum absolute atomic E-state index is 13.8. The first-order chi connectivity index (χ1) is 18.1. The third kappa shape index (κ3) is 7.72. The number of amides is 1. The van der Waals surface area contributed by atoms with Gasteiger partial charge in [0.05, 0.1) is 23.9 Å². The Kier molecular flexibility index (Phi) is 11.5. The van der Waals surface area contributed by atoms with E-state index in [-0.39, 0.29) is 18.4 Å². The third-order valence-electron chi connectivity index (χ3n) is 8.95. The molecule has 2 aliphatic rings. The largest absolute Gasteiger partial charge is 0.497 e. The summed E-state index contributed by atoms with van der Waals surface area (Å²) < 4.78 is 38.8. The number of sulfone groups is 1. The molecule has 0 aromatic heterocycles. The van der Waals surface area contributed by atoms with Crippen molar-refractivity contribution < 1.29 is 22.7 Å². The Balaban J connectivity index is 1.52. The molecule has 8 heteroatoms. The molecule has 0 N–H and O–H groups in total. The van der Waals surface area contributed by atoms with Crippen molar-refractivity contribution in [2.24, 2.45) is 17.8 Å². The fraction of sp³-hybridized carbons (Fsp3) is 0.767. The van der Waals surface area contributed by atoms with E-state index in [1.54, 1.807) is 19.2 Å². The summed E-state index contributed by atoms with van der Waals surface area (Å²) in [5.41, 5.74) is 1.44. The number of likely N-dealkylation sites (tertiary alicyclic amines) is 1. The van der Waals surface area contributed by atoms with Crippen molar-refractivity contribution in [2.45, 2.75) is 82.8 Å². The summed E-state index contributed by atoms with van der Waals surface area (Å²) in [4.78, 5) is 17.6. The first-order valence-electron chi connectivity index (χ1n) is 14.5. The Morgan fingerprint density at radius 1 is 1.11 bits per heavy atom. The summed E-state index contributed by atoms with van der Waals surface area (Å²) in [6.07, 6.45) is 6.63. The molecule has 1 aromatic rings. The molecule has 1 aromatic carbocycles. The van der Waals surface area contributed by atoms with Gasteiger partial charge in [0.15, 0.2) is 9.84 Å². The standard InChI is InChI=1S/C30H50N2O5S/c1-7-31(5)15-12-22(2)25-13-16-32(17-14-25)29(33)21-37-20-26-10-8-9-11-28(26)38(34,35)30-23(3)18-27(36-6)19-24(30)4/h18-19,22,25-26,28H,7-17,20-21H2,1-6H3. The number of carbonyl (C=O) groups excluding carboxylic acids is 1. The zero-order chi connectivity index (χ0) is 27.9. The van der Waals surface area contributed by atoms with Crippen molar-refractivity contribution in [1.29, 1.82) is 0 Å². The Bertz CT molecular complexity index is 996. The van der Waals surface area contributed by atoms with Gasteiger partial charge < -0.3 is 19.3 Å². The maximum Gasteiger partial charge on any atom is 0.248 e. The molecule has 38 heavy (non-hydrogen) atoms. The molecule has 1 heterocycles. The molecule has 1 amide bonds. The van der Waals surface area contributed by atoms with Crippen LogP contribution in [0.3, 0.4) is 0 Å². The number of piperidine rings is 1.